The summed E-state index contributed by atoms with van der Waals surface area (Å²) in [6.45, 7) is 17.9. The SMILES string of the molecule is CCOC(=O)/C=C/C(C)=C/C(C(C)C)N(C)C(=O)C(NC(=O)C(NC)C(C)(C)c1ccccc1)C(C)(C)C. The molecule has 0 fully saturated rings. The molecule has 0 bridgehead atoms. The summed E-state index contributed by atoms with van der Waals surface area (Å²) < 4.78 is 4.95. The Labute approximate surface area is 230 Å². The number of hydrogen-bond acceptors (Lipinski definition) is 5. The first-order chi connectivity index (χ1) is 17.6. The zero-order valence-electron chi connectivity index (χ0n) is 25.2. The van der Waals surface area contributed by atoms with Crippen molar-refractivity contribution in [2.75, 3.05) is 20.7 Å². The monoisotopic (exact) mass is 527 g/mol. The van der Waals surface area contributed by atoms with E-state index in [2.05, 4.69) is 10.6 Å². The van der Waals surface area contributed by atoms with E-state index >= 15 is 0 Å². The molecular weight excluding hydrogens is 478 g/mol. The van der Waals surface area contributed by atoms with Crippen LogP contribution < -0.4 is 10.6 Å². The third-order valence-corrected chi connectivity index (χ3v) is 6.87. The van der Waals surface area contributed by atoms with Gasteiger partial charge in [-0.2, -0.15) is 0 Å². The van der Waals surface area contributed by atoms with Crippen molar-refractivity contribution in [3.05, 3.63) is 59.7 Å². The molecule has 0 aromatic heterocycles. The van der Waals surface area contributed by atoms with Crippen LogP contribution in [0.5, 0.6) is 0 Å². The van der Waals surface area contributed by atoms with Gasteiger partial charge < -0.3 is 20.3 Å². The molecule has 0 saturated heterocycles. The van der Waals surface area contributed by atoms with Gasteiger partial charge in [0.2, 0.25) is 11.8 Å². The molecule has 0 saturated carbocycles. The fraction of sp³-hybridized carbons (Fsp3) is 0.581. The minimum absolute atomic E-state index is 0.105. The van der Waals surface area contributed by atoms with Gasteiger partial charge in [0.15, 0.2) is 0 Å². The summed E-state index contributed by atoms with van der Waals surface area (Å²) in [6, 6.07) is 8.36. The van der Waals surface area contributed by atoms with Gasteiger partial charge in [-0.1, -0.05) is 96.5 Å². The van der Waals surface area contributed by atoms with Gasteiger partial charge in [0.25, 0.3) is 0 Å². The molecule has 1 aromatic rings. The number of nitrogens with zero attached hydrogens (tertiary/aromatic N) is 1. The quantitative estimate of drug-likeness (QED) is 0.235. The van der Waals surface area contributed by atoms with Crippen molar-refractivity contribution in [3.63, 3.8) is 0 Å². The zero-order chi connectivity index (χ0) is 29.3. The number of amides is 2. The Morgan fingerprint density at radius 1 is 1.00 bits per heavy atom. The number of ether oxygens (including phenoxy) is 1. The Morgan fingerprint density at radius 3 is 2.05 bits per heavy atom. The molecule has 3 unspecified atom stereocenters. The minimum Gasteiger partial charge on any atom is -0.463 e. The van der Waals surface area contributed by atoms with Gasteiger partial charge in [-0.25, -0.2) is 4.79 Å². The molecule has 1 aromatic carbocycles. The lowest BCUT2D eigenvalue weighted by molar-refractivity contribution is -0.140. The number of rotatable bonds is 12. The Hall–Kier alpha value is -2.93. The molecule has 0 aliphatic heterocycles. The van der Waals surface area contributed by atoms with Crippen molar-refractivity contribution in [2.45, 2.75) is 85.9 Å². The van der Waals surface area contributed by atoms with Crippen LogP contribution in [0.3, 0.4) is 0 Å². The molecule has 0 aliphatic rings. The normalized spacial score (nSPS) is 15.2. The van der Waals surface area contributed by atoms with Gasteiger partial charge in [0.05, 0.1) is 18.7 Å². The van der Waals surface area contributed by atoms with Crippen LogP contribution in [-0.2, 0) is 24.5 Å². The fourth-order valence-corrected chi connectivity index (χ4v) is 4.55. The third kappa shape index (κ3) is 9.12. The van der Waals surface area contributed by atoms with E-state index in [0.717, 1.165) is 11.1 Å². The van der Waals surface area contributed by atoms with Crippen molar-refractivity contribution >= 4 is 17.8 Å². The van der Waals surface area contributed by atoms with Crippen LogP contribution in [0.25, 0.3) is 0 Å². The molecule has 0 heterocycles. The number of nitrogens with one attached hydrogen (secondary N) is 2. The lowest BCUT2D eigenvalue weighted by Crippen LogP contribution is -2.61. The molecular formula is C31H49N3O4. The van der Waals surface area contributed by atoms with Crippen LogP contribution in [0.15, 0.2) is 54.1 Å². The summed E-state index contributed by atoms with van der Waals surface area (Å²) in [4.78, 5) is 41.0. The van der Waals surface area contributed by atoms with Crippen LogP contribution >= 0.6 is 0 Å². The molecule has 0 aliphatic carbocycles. The first kappa shape index (κ1) is 33.1. The first-order valence-corrected chi connectivity index (χ1v) is 13.4. The Balaban J connectivity index is 3.25. The van der Waals surface area contributed by atoms with E-state index in [1.165, 1.54) is 6.08 Å². The van der Waals surface area contributed by atoms with Crippen molar-refractivity contribution in [3.8, 4) is 0 Å². The predicted molar refractivity (Wildman–Crippen MR) is 155 cm³/mol. The zero-order valence-corrected chi connectivity index (χ0v) is 25.2. The van der Waals surface area contributed by atoms with E-state index in [0.29, 0.717) is 6.61 Å². The summed E-state index contributed by atoms with van der Waals surface area (Å²) in [5, 5.41) is 6.25. The highest BCUT2D eigenvalue weighted by atomic mass is 16.5. The molecule has 0 spiro atoms. The van der Waals surface area contributed by atoms with Crippen molar-refractivity contribution < 1.29 is 19.1 Å². The maximum Gasteiger partial charge on any atom is 0.330 e. The van der Waals surface area contributed by atoms with Gasteiger partial charge in [0.1, 0.15) is 6.04 Å². The molecule has 7 nitrogen and oxygen atoms in total. The average molecular weight is 528 g/mol. The highest BCUT2D eigenvalue weighted by Crippen LogP contribution is 2.29. The standard InChI is InChI=1S/C31H49N3O4/c1-12-38-25(35)19-18-22(4)20-24(21(2)3)34(11)29(37)27(30(5,6)7)33-28(36)26(32-10)31(8,9)23-16-14-13-15-17-23/h13-21,24,26-27,32H,12H2,1-11H3,(H,33,36)/b19-18+,22-20+. The number of carbonyl (C=O) groups excluding carboxylic acids is 3. The topological polar surface area (TPSA) is 87.7 Å². The molecule has 0 radical (unpaired) electrons. The van der Waals surface area contributed by atoms with E-state index in [9.17, 15) is 14.4 Å². The number of carbonyl (C=O) groups is 3. The van der Waals surface area contributed by atoms with Crippen molar-refractivity contribution in [1.82, 2.24) is 15.5 Å². The average Bonchev–Trinajstić information content (AvgIpc) is 2.83. The molecule has 212 valence electrons. The first-order valence-electron chi connectivity index (χ1n) is 13.4. The summed E-state index contributed by atoms with van der Waals surface area (Å²) in [7, 11) is 3.53. The summed E-state index contributed by atoms with van der Waals surface area (Å²) in [5.74, 6) is -0.698. The third-order valence-electron chi connectivity index (χ3n) is 6.87. The minimum atomic E-state index is -0.743. The van der Waals surface area contributed by atoms with Gasteiger partial charge in [-0.15, -0.1) is 0 Å². The second-order valence-electron chi connectivity index (χ2n) is 11.8. The Kier molecular flexibility index (Phi) is 12.4. The van der Waals surface area contributed by atoms with Crippen LogP contribution in [0.4, 0.5) is 0 Å². The summed E-state index contributed by atoms with van der Waals surface area (Å²) >= 11 is 0. The maximum absolute atomic E-state index is 13.9. The van der Waals surface area contributed by atoms with E-state index in [1.807, 2.05) is 91.8 Å². The highest BCUT2D eigenvalue weighted by molar-refractivity contribution is 5.91. The van der Waals surface area contributed by atoms with Crippen molar-refractivity contribution in [1.29, 1.82) is 0 Å². The van der Waals surface area contributed by atoms with Crippen LogP contribution in [0.1, 0.15) is 67.9 Å². The van der Waals surface area contributed by atoms with Gasteiger partial charge in [0, 0.05) is 18.5 Å². The van der Waals surface area contributed by atoms with E-state index in [4.69, 9.17) is 4.74 Å². The van der Waals surface area contributed by atoms with Crippen molar-refractivity contribution in [2.24, 2.45) is 11.3 Å². The van der Waals surface area contributed by atoms with Crippen LogP contribution in [0.2, 0.25) is 0 Å². The molecule has 7 heteroatoms. The lowest BCUT2D eigenvalue weighted by Gasteiger charge is -2.40. The number of likely N-dealkylation sites (N-methyl/N-ethyl adjacent to an activating group) is 2. The Morgan fingerprint density at radius 2 is 1.58 bits per heavy atom. The van der Waals surface area contributed by atoms with Gasteiger partial charge in [-0.3, -0.25) is 9.59 Å². The molecule has 38 heavy (non-hydrogen) atoms. The summed E-state index contributed by atoms with van der Waals surface area (Å²) in [5.41, 5.74) is 0.831. The highest BCUT2D eigenvalue weighted by Gasteiger charge is 2.41. The second-order valence-corrected chi connectivity index (χ2v) is 11.8. The van der Waals surface area contributed by atoms with E-state index in [1.54, 1.807) is 32.0 Å². The molecule has 2 amide bonds. The predicted octanol–water partition coefficient (Wildman–Crippen LogP) is 4.63. The number of esters is 1. The van der Waals surface area contributed by atoms with E-state index < -0.39 is 28.9 Å². The largest absolute Gasteiger partial charge is 0.463 e. The second kappa shape index (κ2) is 14.3. The maximum atomic E-state index is 13.9. The number of benzene rings is 1. The number of allylic oxidation sites excluding steroid dienone is 2. The summed E-state index contributed by atoms with van der Waals surface area (Å²) in [6.07, 6.45) is 5.05. The molecule has 1 rings (SSSR count). The molecule has 2 N–H and O–H groups in total. The van der Waals surface area contributed by atoms with Gasteiger partial charge in [-0.05, 0) is 37.8 Å². The Bertz CT molecular complexity index is 990. The smallest absolute Gasteiger partial charge is 0.330 e. The lowest BCUT2D eigenvalue weighted by atomic mass is 9.76. The number of hydrogen-bond donors (Lipinski definition) is 2. The van der Waals surface area contributed by atoms with E-state index in [-0.39, 0.29) is 23.8 Å². The fourth-order valence-electron chi connectivity index (χ4n) is 4.55. The molecule has 3 atom stereocenters. The van der Waals surface area contributed by atoms with Gasteiger partial charge >= 0.3 is 5.97 Å². The van der Waals surface area contributed by atoms with Crippen LogP contribution in [0, 0.1) is 11.3 Å². The van der Waals surface area contributed by atoms with Crippen LogP contribution in [-0.4, -0.2) is 61.5 Å².